The molecular formula is C19H24ClN3O2S. The molecule has 0 radical (unpaired) electrons. The van der Waals surface area contributed by atoms with Crippen molar-refractivity contribution in [2.75, 3.05) is 39.4 Å². The maximum atomic E-state index is 12.4. The van der Waals surface area contributed by atoms with Crippen LogP contribution < -0.4 is 5.32 Å². The molecule has 7 heteroatoms. The maximum absolute atomic E-state index is 12.4. The van der Waals surface area contributed by atoms with Crippen LogP contribution in [0.25, 0.3) is 10.6 Å². The van der Waals surface area contributed by atoms with Gasteiger partial charge in [0, 0.05) is 30.2 Å². The minimum absolute atomic E-state index is 0.0356. The van der Waals surface area contributed by atoms with Crippen molar-refractivity contribution >= 4 is 28.8 Å². The van der Waals surface area contributed by atoms with Gasteiger partial charge in [-0.15, -0.1) is 11.3 Å². The number of morpholine rings is 1. The van der Waals surface area contributed by atoms with Crippen molar-refractivity contribution in [2.45, 2.75) is 19.8 Å². The third kappa shape index (κ3) is 5.27. The summed E-state index contributed by atoms with van der Waals surface area (Å²) in [6, 6.07) is 7.52. The summed E-state index contributed by atoms with van der Waals surface area (Å²) in [5, 5.41) is 4.55. The Morgan fingerprint density at radius 1 is 1.27 bits per heavy atom. The number of hydrogen-bond acceptors (Lipinski definition) is 5. The molecule has 1 amide bonds. The molecule has 1 aromatic heterocycles. The van der Waals surface area contributed by atoms with Gasteiger partial charge in [0.05, 0.1) is 18.9 Å². The minimum Gasteiger partial charge on any atom is -0.379 e. The lowest BCUT2D eigenvalue weighted by molar-refractivity contribution is 0.0372. The van der Waals surface area contributed by atoms with Crippen molar-refractivity contribution in [2.24, 2.45) is 0 Å². The number of thiazole rings is 1. The fourth-order valence-corrected chi connectivity index (χ4v) is 4.00. The van der Waals surface area contributed by atoms with E-state index >= 15 is 0 Å². The van der Waals surface area contributed by atoms with Gasteiger partial charge >= 0.3 is 0 Å². The van der Waals surface area contributed by atoms with E-state index in [0.717, 1.165) is 62.0 Å². The molecule has 0 spiro atoms. The van der Waals surface area contributed by atoms with E-state index in [-0.39, 0.29) is 5.91 Å². The predicted molar refractivity (Wildman–Crippen MR) is 106 cm³/mol. The van der Waals surface area contributed by atoms with Gasteiger partial charge in [0.2, 0.25) is 0 Å². The van der Waals surface area contributed by atoms with Gasteiger partial charge in [-0.25, -0.2) is 4.98 Å². The molecule has 1 aliphatic heterocycles. The number of carbonyl (C=O) groups excluding carboxylic acids is 1. The van der Waals surface area contributed by atoms with Gasteiger partial charge in [-0.1, -0.05) is 23.7 Å². The number of nitrogens with zero attached hydrogens (tertiary/aromatic N) is 2. The number of aromatic nitrogens is 1. The van der Waals surface area contributed by atoms with Gasteiger partial charge in [-0.3, -0.25) is 9.69 Å². The first-order valence-electron chi connectivity index (χ1n) is 8.95. The monoisotopic (exact) mass is 393 g/mol. The molecule has 1 saturated heterocycles. The maximum Gasteiger partial charge on any atom is 0.263 e. The van der Waals surface area contributed by atoms with Gasteiger partial charge in [-0.05, 0) is 38.4 Å². The lowest BCUT2D eigenvalue weighted by atomic mass is 10.2. The fraction of sp³-hybridized carbons (Fsp3) is 0.474. The third-order valence-corrected chi connectivity index (χ3v) is 5.84. The number of nitrogens with one attached hydrogen (secondary N) is 1. The first kappa shape index (κ1) is 19.3. The van der Waals surface area contributed by atoms with Crippen LogP contribution in [0, 0.1) is 6.92 Å². The number of aryl methyl sites for hydroxylation is 1. The summed E-state index contributed by atoms with van der Waals surface area (Å²) in [5.74, 6) is -0.0356. The Kier molecular flexibility index (Phi) is 7.02. The lowest BCUT2D eigenvalue weighted by Gasteiger charge is -2.26. The molecule has 26 heavy (non-hydrogen) atoms. The van der Waals surface area contributed by atoms with Crippen LogP contribution in [0.5, 0.6) is 0 Å². The summed E-state index contributed by atoms with van der Waals surface area (Å²) >= 11 is 7.35. The van der Waals surface area contributed by atoms with Crippen LogP contribution in [-0.2, 0) is 4.74 Å². The Morgan fingerprint density at radius 2 is 2.00 bits per heavy atom. The highest BCUT2D eigenvalue weighted by molar-refractivity contribution is 7.17. The van der Waals surface area contributed by atoms with E-state index in [1.54, 1.807) is 0 Å². The topological polar surface area (TPSA) is 54.5 Å². The number of halogens is 1. The first-order chi connectivity index (χ1) is 12.6. The van der Waals surface area contributed by atoms with Crippen LogP contribution >= 0.6 is 22.9 Å². The fourth-order valence-electron chi connectivity index (χ4n) is 2.89. The number of rotatable bonds is 7. The third-order valence-electron chi connectivity index (χ3n) is 4.38. The van der Waals surface area contributed by atoms with E-state index in [2.05, 4.69) is 15.2 Å². The molecule has 0 atom stereocenters. The Hall–Kier alpha value is -1.47. The molecule has 1 aromatic carbocycles. The van der Waals surface area contributed by atoms with Gasteiger partial charge in [0.1, 0.15) is 9.88 Å². The van der Waals surface area contributed by atoms with Crippen LogP contribution in [-0.4, -0.2) is 55.2 Å². The number of carbonyl (C=O) groups is 1. The standard InChI is InChI=1S/C19H24ClN3O2S/c1-14-17(26-19(22-14)15-4-6-16(20)7-5-15)18(24)21-8-2-3-9-23-10-12-25-13-11-23/h4-7H,2-3,8-13H2,1H3,(H,21,24). The Balaban J connectivity index is 1.46. The van der Waals surface area contributed by atoms with Crippen molar-refractivity contribution < 1.29 is 9.53 Å². The zero-order valence-corrected chi connectivity index (χ0v) is 16.5. The second kappa shape index (κ2) is 9.46. The highest BCUT2D eigenvalue weighted by Gasteiger charge is 2.16. The van der Waals surface area contributed by atoms with E-state index in [4.69, 9.17) is 16.3 Å². The molecule has 1 N–H and O–H groups in total. The average Bonchev–Trinajstić information content (AvgIpc) is 3.04. The number of unbranched alkanes of at least 4 members (excludes halogenated alkanes) is 1. The Morgan fingerprint density at radius 3 is 2.73 bits per heavy atom. The lowest BCUT2D eigenvalue weighted by Crippen LogP contribution is -2.37. The number of hydrogen-bond donors (Lipinski definition) is 1. The van der Waals surface area contributed by atoms with E-state index in [0.29, 0.717) is 16.4 Å². The molecule has 140 valence electrons. The molecule has 0 aliphatic carbocycles. The summed E-state index contributed by atoms with van der Waals surface area (Å²) in [5.41, 5.74) is 1.75. The molecule has 0 bridgehead atoms. The molecule has 0 unspecified atom stereocenters. The van der Waals surface area contributed by atoms with E-state index in [1.165, 1.54) is 11.3 Å². The largest absolute Gasteiger partial charge is 0.379 e. The van der Waals surface area contributed by atoms with Crippen LogP contribution in [0.1, 0.15) is 28.2 Å². The summed E-state index contributed by atoms with van der Waals surface area (Å²) < 4.78 is 5.35. The predicted octanol–water partition coefficient (Wildman–Crippen LogP) is 3.61. The molecule has 0 saturated carbocycles. The second-order valence-electron chi connectivity index (χ2n) is 6.36. The number of amides is 1. The van der Waals surface area contributed by atoms with Gasteiger partial charge in [0.25, 0.3) is 5.91 Å². The smallest absolute Gasteiger partial charge is 0.263 e. The van der Waals surface area contributed by atoms with Crippen molar-refractivity contribution in [1.29, 1.82) is 0 Å². The van der Waals surface area contributed by atoms with Crippen LogP contribution in [0.3, 0.4) is 0 Å². The SMILES string of the molecule is Cc1nc(-c2ccc(Cl)cc2)sc1C(=O)NCCCCN1CCOCC1. The highest BCUT2D eigenvalue weighted by atomic mass is 35.5. The molecule has 3 rings (SSSR count). The van der Waals surface area contributed by atoms with Crippen molar-refractivity contribution in [3.63, 3.8) is 0 Å². The summed E-state index contributed by atoms with van der Waals surface area (Å²) in [6.45, 7) is 7.33. The van der Waals surface area contributed by atoms with E-state index in [9.17, 15) is 4.79 Å². The van der Waals surface area contributed by atoms with Gasteiger partial charge in [-0.2, -0.15) is 0 Å². The molecule has 2 aromatic rings. The molecule has 1 aliphatic rings. The zero-order chi connectivity index (χ0) is 18.4. The quantitative estimate of drug-likeness (QED) is 0.730. The number of benzene rings is 1. The number of ether oxygens (including phenoxy) is 1. The van der Waals surface area contributed by atoms with E-state index < -0.39 is 0 Å². The normalized spacial score (nSPS) is 15.2. The Labute approximate surface area is 163 Å². The second-order valence-corrected chi connectivity index (χ2v) is 7.79. The molecule has 5 nitrogen and oxygen atoms in total. The van der Waals surface area contributed by atoms with Crippen molar-refractivity contribution in [3.05, 3.63) is 39.9 Å². The van der Waals surface area contributed by atoms with E-state index in [1.807, 2.05) is 31.2 Å². The molecular weight excluding hydrogens is 370 g/mol. The Bertz CT molecular complexity index is 727. The molecule has 2 heterocycles. The highest BCUT2D eigenvalue weighted by Crippen LogP contribution is 2.28. The molecule has 1 fully saturated rings. The van der Waals surface area contributed by atoms with Crippen LogP contribution in [0.15, 0.2) is 24.3 Å². The zero-order valence-electron chi connectivity index (χ0n) is 15.0. The van der Waals surface area contributed by atoms with Crippen LogP contribution in [0.2, 0.25) is 5.02 Å². The summed E-state index contributed by atoms with van der Waals surface area (Å²) in [4.78, 5) is 20.1. The summed E-state index contributed by atoms with van der Waals surface area (Å²) in [7, 11) is 0. The van der Waals surface area contributed by atoms with Crippen molar-refractivity contribution in [1.82, 2.24) is 15.2 Å². The average molecular weight is 394 g/mol. The minimum atomic E-state index is -0.0356. The van der Waals surface area contributed by atoms with Crippen LogP contribution in [0.4, 0.5) is 0 Å². The van der Waals surface area contributed by atoms with Crippen molar-refractivity contribution in [3.8, 4) is 10.6 Å². The van der Waals surface area contributed by atoms with Gasteiger partial charge < -0.3 is 10.1 Å². The first-order valence-corrected chi connectivity index (χ1v) is 10.1. The summed E-state index contributed by atoms with van der Waals surface area (Å²) in [6.07, 6.45) is 2.06. The van der Waals surface area contributed by atoms with Gasteiger partial charge in [0.15, 0.2) is 0 Å².